The molecule has 2 aliphatic rings. The molecule has 0 radical (unpaired) electrons. The number of piperidine rings is 1. The Kier molecular flexibility index (Phi) is 6.03. The molecule has 3 atom stereocenters. The van der Waals surface area contributed by atoms with Gasteiger partial charge in [-0.25, -0.2) is 8.42 Å². The molecule has 1 aliphatic carbocycles. The van der Waals surface area contributed by atoms with Crippen molar-refractivity contribution in [2.24, 2.45) is 5.92 Å². The highest BCUT2D eigenvalue weighted by atomic mass is 32.2. The lowest BCUT2D eigenvalue weighted by molar-refractivity contribution is 0.0910. The van der Waals surface area contributed by atoms with Crippen LogP contribution in [0.25, 0.3) is 0 Å². The van der Waals surface area contributed by atoms with E-state index in [9.17, 15) is 13.2 Å². The molecular formula is C20H30N2O3S. The van der Waals surface area contributed by atoms with Gasteiger partial charge in [0.2, 0.25) is 10.0 Å². The highest BCUT2D eigenvalue weighted by Gasteiger charge is 2.31. The van der Waals surface area contributed by atoms with E-state index in [2.05, 4.69) is 12.2 Å². The number of nitrogens with one attached hydrogen (secondary N) is 1. The molecule has 1 saturated heterocycles. The summed E-state index contributed by atoms with van der Waals surface area (Å²) in [6, 6.07) is 6.64. The highest BCUT2D eigenvalue weighted by Crippen LogP contribution is 2.26. The molecule has 1 N–H and O–H groups in total. The number of carbonyl (C=O) groups excluding carboxylic acids is 1. The van der Waals surface area contributed by atoms with Gasteiger partial charge in [0.15, 0.2) is 0 Å². The van der Waals surface area contributed by atoms with E-state index in [1.54, 1.807) is 28.6 Å². The average Bonchev–Trinajstić information content (AvgIpc) is 2.64. The molecule has 2 fully saturated rings. The highest BCUT2D eigenvalue weighted by molar-refractivity contribution is 7.89. The fourth-order valence-corrected chi connectivity index (χ4v) is 5.82. The lowest BCUT2D eigenvalue weighted by atomic mass is 9.86. The van der Waals surface area contributed by atoms with Crippen molar-refractivity contribution in [3.63, 3.8) is 0 Å². The SMILES string of the molecule is C[C@H]1CCCC[C@H]1NC(=O)c1ccc(S(=O)(=O)N2CCCC[C@@H]2C)cc1. The summed E-state index contributed by atoms with van der Waals surface area (Å²) in [5.41, 5.74) is 0.522. The van der Waals surface area contributed by atoms with Crippen molar-refractivity contribution in [1.29, 1.82) is 0 Å². The summed E-state index contributed by atoms with van der Waals surface area (Å²) in [4.78, 5) is 12.8. The first-order valence-corrected chi connectivity index (χ1v) is 11.3. The number of carbonyl (C=O) groups is 1. The minimum Gasteiger partial charge on any atom is -0.349 e. The predicted molar refractivity (Wildman–Crippen MR) is 103 cm³/mol. The molecule has 1 saturated carbocycles. The van der Waals surface area contributed by atoms with Crippen LogP contribution >= 0.6 is 0 Å². The maximum atomic E-state index is 12.9. The van der Waals surface area contributed by atoms with E-state index in [0.29, 0.717) is 18.0 Å². The molecule has 0 unspecified atom stereocenters. The van der Waals surface area contributed by atoms with E-state index in [-0.39, 0.29) is 22.9 Å². The molecule has 1 amide bonds. The largest absolute Gasteiger partial charge is 0.349 e. The monoisotopic (exact) mass is 378 g/mol. The number of rotatable bonds is 4. The van der Waals surface area contributed by atoms with E-state index in [1.807, 2.05) is 6.92 Å². The molecule has 144 valence electrons. The molecular weight excluding hydrogens is 348 g/mol. The van der Waals surface area contributed by atoms with Crippen molar-refractivity contribution in [2.45, 2.75) is 75.8 Å². The van der Waals surface area contributed by atoms with Gasteiger partial charge in [-0.3, -0.25) is 4.79 Å². The zero-order chi connectivity index (χ0) is 18.7. The summed E-state index contributed by atoms with van der Waals surface area (Å²) < 4.78 is 27.3. The quantitative estimate of drug-likeness (QED) is 0.871. The van der Waals surface area contributed by atoms with Gasteiger partial charge in [-0.2, -0.15) is 4.31 Å². The van der Waals surface area contributed by atoms with Crippen molar-refractivity contribution in [3.8, 4) is 0 Å². The second-order valence-corrected chi connectivity index (χ2v) is 9.72. The number of amides is 1. The Labute approximate surface area is 157 Å². The zero-order valence-corrected chi connectivity index (χ0v) is 16.6. The molecule has 3 rings (SSSR count). The molecule has 1 heterocycles. The number of hydrogen-bond acceptors (Lipinski definition) is 3. The minimum absolute atomic E-state index is 0.0320. The van der Waals surface area contributed by atoms with Gasteiger partial charge in [-0.15, -0.1) is 0 Å². The minimum atomic E-state index is -3.49. The average molecular weight is 379 g/mol. The molecule has 0 bridgehead atoms. The fourth-order valence-electron chi connectivity index (χ4n) is 4.12. The van der Waals surface area contributed by atoms with Crippen LogP contribution in [0.4, 0.5) is 0 Å². The molecule has 0 aromatic heterocycles. The third kappa shape index (κ3) is 4.12. The normalized spacial score (nSPS) is 27.8. The number of sulfonamides is 1. The van der Waals surface area contributed by atoms with Crippen LogP contribution in [0.15, 0.2) is 29.2 Å². The Morgan fingerprint density at radius 1 is 1.00 bits per heavy atom. The van der Waals surface area contributed by atoms with E-state index >= 15 is 0 Å². The Morgan fingerprint density at radius 2 is 1.65 bits per heavy atom. The third-order valence-electron chi connectivity index (χ3n) is 5.89. The molecule has 1 aliphatic heterocycles. The second-order valence-electron chi connectivity index (χ2n) is 7.83. The van der Waals surface area contributed by atoms with E-state index < -0.39 is 10.0 Å². The molecule has 0 spiro atoms. The van der Waals surface area contributed by atoms with Gasteiger partial charge < -0.3 is 5.32 Å². The van der Waals surface area contributed by atoms with Crippen molar-refractivity contribution < 1.29 is 13.2 Å². The molecule has 1 aromatic carbocycles. The first-order valence-electron chi connectivity index (χ1n) is 9.82. The summed E-state index contributed by atoms with van der Waals surface area (Å²) >= 11 is 0. The van der Waals surface area contributed by atoms with Crippen LogP contribution in [0.2, 0.25) is 0 Å². The summed E-state index contributed by atoms with van der Waals surface area (Å²) in [5, 5.41) is 3.11. The van der Waals surface area contributed by atoms with E-state index in [1.165, 1.54) is 6.42 Å². The van der Waals surface area contributed by atoms with Gasteiger partial charge in [0, 0.05) is 24.2 Å². The molecule has 1 aromatic rings. The fraction of sp³-hybridized carbons (Fsp3) is 0.650. The standard InChI is InChI=1S/C20H30N2O3S/c1-15-7-3-4-9-19(15)21-20(23)17-10-12-18(13-11-17)26(24,25)22-14-6-5-8-16(22)2/h10-13,15-16,19H,3-9,14H2,1-2H3,(H,21,23)/t15-,16-,19+/m0/s1. The van der Waals surface area contributed by atoms with Gasteiger partial charge >= 0.3 is 0 Å². The van der Waals surface area contributed by atoms with Gasteiger partial charge in [0.05, 0.1) is 4.90 Å². The van der Waals surface area contributed by atoms with Crippen LogP contribution in [-0.2, 0) is 10.0 Å². The summed E-state index contributed by atoms with van der Waals surface area (Å²) in [6.07, 6.45) is 7.44. The van der Waals surface area contributed by atoms with Crippen LogP contribution in [0.1, 0.15) is 69.2 Å². The van der Waals surface area contributed by atoms with Crippen LogP contribution < -0.4 is 5.32 Å². The predicted octanol–water partition coefficient (Wildman–Crippen LogP) is 3.56. The molecule has 6 heteroatoms. The van der Waals surface area contributed by atoms with Crippen molar-refractivity contribution >= 4 is 15.9 Å². The first-order chi connectivity index (χ1) is 12.4. The van der Waals surface area contributed by atoms with E-state index in [0.717, 1.165) is 38.5 Å². The van der Waals surface area contributed by atoms with Gasteiger partial charge in [0.25, 0.3) is 5.91 Å². The van der Waals surface area contributed by atoms with Crippen LogP contribution in [0, 0.1) is 5.92 Å². The first kappa shape index (κ1) is 19.4. The Bertz CT molecular complexity index is 730. The maximum absolute atomic E-state index is 12.9. The van der Waals surface area contributed by atoms with Crippen LogP contribution in [-0.4, -0.2) is 37.3 Å². The Hall–Kier alpha value is -1.40. The summed E-state index contributed by atoms with van der Waals surface area (Å²) in [7, 11) is -3.49. The van der Waals surface area contributed by atoms with Gasteiger partial charge in [-0.1, -0.05) is 26.2 Å². The number of hydrogen-bond donors (Lipinski definition) is 1. The Balaban J connectivity index is 1.70. The smallest absolute Gasteiger partial charge is 0.251 e. The Morgan fingerprint density at radius 3 is 2.31 bits per heavy atom. The lowest BCUT2D eigenvalue weighted by Crippen LogP contribution is -2.42. The lowest BCUT2D eigenvalue weighted by Gasteiger charge is -2.32. The zero-order valence-electron chi connectivity index (χ0n) is 15.8. The van der Waals surface area contributed by atoms with Crippen molar-refractivity contribution in [3.05, 3.63) is 29.8 Å². The van der Waals surface area contributed by atoms with Crippen molar-refractivity contribution in [2.75, 3.05) is 6.54 Å². The van der Waals surface area contributed by atoms with E-state index in [4.69, 9.17) is 0 Å². The summed E-state index contributed by atoms with van der Waals surface area (Å²) in [6.45, 7) is 4.72. The summed E-state index contributed by atoms with van der Waals surface area (Å²) in [5.74, 6) is 0.381. The molecule has 5 nitrogen and oxygen atoms in total. The van der Waals surface area contributed by atoms with Crippen LogP contribution in [0.3, 0.4) is 0 Å². The second kappa shape index (κ2) is 8.09. The number of benzene rings is 1. The maximum Gasteiger partial charge on any atom is 0.251 e. The van der Waals surface area contributed by atoms with Crippen molar-refractivity contribution in [1.82, 2.24) is 9.62 Å². The van der Waals surface area contributed by atoms with Gasteiger partial charge in [0.1, 0.15) is 0 Å². The molecule has 26 heavy (non-hydrogen) atoms. The number of nitrogens with zero attached hydrogens (tertiary/aromatic N) is 1. The topological polar surface area (TPSA) is 66.5 Å². The van der Waals surface area contributed by atoms with Crippen LogP contribution in [0.5, 0.6) is 0 Å². The third-order valence-corrected chi connectivity index (χ3v) is 7.92. The van der Waals surface area contributed by atoms with Gasteiger partial charge in [-0.05, 0) is 62.8 Å².